The summed E-state index contributed by atoms with van der Waals surface area (Å²) in [4.78, 5) is 23.1. The standard InChI is InChI=1S/C15H8F6O3/c16-14(17,18)12(15(19,20)21)5-6-24-11-7-10(22)13(23)9-4-2-1-3-8(9)11/h1-5,7H,6H2. The second-order valence-electron chi connectivity index (χ2n) is 4.67. The van der Waals surface area contributed by atoms with Crippen molar-refractivity contribution < 1.29 is 40.7 Å². The predicted molar refractivity (Wildman–Crippen MR) is 69.9 cm³/mol. The molecule has 128 valence electrons. The van der Waals surface area contributed by atoms with Gasteiger partial charge >= 0.3 is 12.4 Å². The third kappa shape index (κ3) is 3.66. The maximum absolute atomic E-state index is 12.4. The molecule has 0 heterocycles. The number of benzene rings is 1. The molecule has 0 fully saturated rings. The third-order valence-corrected chi connectivity index (χ3v) is 3.06. The Hall–Kier alpha value is -2.58. The second-order valence-corrected chi connectivity index (χ2v) is 4.67. The van der Waals surface area contributed by atoms with Gasteiger partial charge in [-0.3, -0.25) is 9.59 Å². The first-order valence-electron chi connectivity index (χ1n) is 6.39. The largest absolute Gasteiger partial charge is 0.489 e. The van der Waals surface area contributed by atoms with Crippen molar-refractivity contribution >= 4 is 17.3 Å². The lowest BCUT2D eigenvalue weighted by Crippen LogP contribution is -2.26. The van der Waals surface area contributed by atoms with Gasteiger partial charge in [-0.1, -0.05) is 24.3 Å². The number of carbonyl (C=O) groups excluding carboxylic acids is 2. The Morgan fingerprint density at radius 1 is 0.958 bits per heavy atom. The Bertz CT molecular complexity index is 724. The van der Waals surface area contributed by atoms with Gasteiger partial charge in [-0.2, -0.15) is 26.3 Å². The molecule has 1 aliphatic carbocycles. The number of ketones is 2. The van der Waals surface area contributed by atoms with E-state index in [1.165, 1.54) is 24.3 Å². The molecule has 0 spiro atoms. The van der Waals surface area contributed by atoms with E-state index >= 15 is 0 Å². The van der Waals surface area contributed by atoms with Gasteiger partial charge in [0.1, 0.15) is 17.9 Å². The Balaban J connectivity index is 2.26. The summed E-state index contributed by atoms with van der Waals surface area (Å²) in [5.74, 6) is -2.07. The van der Waals surface area contributed by atoms with Gasteiger partial charge < -0.3 is 4.74 Å². The van der Waals surface area contributed by atoms with Crippen molar-refractivity contribution in [3.63, 3.8) is 0 Å². The maximum atomic E-state index is 12.4. The molecule has 0 radical (unpaired) electrons. The third-order valence-electron chi connectivity index (χ3n) is 3.06. The van der Waals surface area contributed by atoms with Gasteiger partial charge in [-0.15, -0.1) is 0 Å². The highest BCUT2D eigenvalue weighted by molar-refractivity contribution is 6.50. The summed E-state index contributed by atoms with van der Waals surface area (Å²) in [5, 5.41) is 0. The zero-order valence-electron chi connectivity index (χ0n) is 11.7. The lowest BCUT2D eigenvalue weighted by molar-refractivity contribution is -0.172. The molecule has 9 heteroatoms. The molecule has 0 bridgehead atoms. The first kappa shape index (κ1) is 17.8. The first-order chi connectivity index (χ1) is 11.0. The zero-order chi connectivity index (χ0) is 18.1. The molecule has 1 aromatic carbocycles. The molecule has 0 saturated heterocycles. The van der Waals surface area contributed by atoms with Crippen molar-refractivity contribution in [2.24, 2.45) is 0 Å². The van der Waals surface area contributed by atoms with Gasteiger partial charge in [0, 0.05) is 17.2 Å². The van der Waals surface area contributed by atoms with Crippen molar-refractivity contribution in [2.45, 2.75) is 12.4 Å². The summed E-state index contributed by atoms with van der Waals surface area (Å²) in [6.07, 6.45) is -10.6. The minimum atomic E-state index is -5.59. The van der Waals surface area contributed by atoms with Crippen LogP contribution in [0.5, 0.6) is 0 Å². The van der Waals surface area contributed by atoms with Crippen LogP contribution in [0.4, 0.5) is 26.3 Å². The van der Waals surface area contributed by atoms with Crippen LogP contribution in [0.25, 0.3) is 5.76 Å². The summed E-state index contributed by atoms with van der Waals surface area (Å²) >= 11 is 0. The van der Waals surface area contributed by atoms with E-state index in [2.05, 4.69) is 0 Å². The molecular formula is C15H8F6O3. The molecule has 1 aliphatic rings. The lowest BCUT2D eigenvalue weighted by atomic mass is 9.94. The number of hydrogen-bond donors (Lipinski definition) is 0. The summed E-state index contributed by atoms with van der Waals surface area (Å²) in [5.41, 5.74) is -2.62. The Labute approximate surface area is 131 Å². The SMILES string of the molecule is O=C1C=C(OCC=C(C(F)(F)F)C(F)(F)F)c2ccccc2C1=O. The average Bonchev–Trinajstić information content (AvgIpc) is 2.45. The summed E-state index contributed by atoms with van der Waals surface area (Å²) in [6.45, 7) is -1.07. The first-order valence-corrected chi connectivity index (χ1v) is 6.39. The minimum Gasteiger partial charge on any atom is -0.489 e. The van der Waals surface area contributed by atoms with E-state index in [1.54, 1.807) is 0 Å². The number of halogens is 6. The molecule has 0 aliphatic heterocycles. The van der Waals surface area contributed by atoms with Crippen molar-refractivity contribution in [3.05, 3.63) is 53.1 Å². The van der Waals surface area contributed by atoms with E-state index in [0.717, 1.165) is 6.08 Å². The Morgan fingerprint density at radius 2 is 1.50 bits per heavy atom. The van der Waals surface area contributed by atoms with Crippen LogP contribution in [0.1, 0.15) is 15.9 Å². The van der Waals surface area contributed by atoms with Crippen molar-refractivity contribution in [2.75, 3.05) is 6.61 Å². The highest BCUT2D eigenvalue weighted by atomic mass is 19.4. The molecule has 24 heavy (non-hydrogen) atoms. The monoisotopic (exact) mass is 350 g/mol. The zero-order valence-corrected chi connectivity index (χ0v) is 11.7. The van der Waals surface area contributed by atoms with Crippen LogP contribution < -0.4 is 0 Å². The van der Waals surface area contributed by atoms with Crippen molar-refractivity contribution in [1.82, 2.24) is 0 Å². The van der Waals surface area contributed by atoms with Crippen LogP contribution in [0.2, 0.25) is 0 Å². The van der Waals surface area contributed by atoms with E-state index < -0.39 is 36.1 Å². The fraction of sp³-hybridized carbons (Fsp3) is 0.200. The molecule has 0 amide bonds. The molecule has 0 atom stereocenters. The molecule has 0 N–H and O–H groups in total. The lowest BCUT2D eigenvalue weighted by Gasteiger charge is -2.18. The number of ether oxygens (including phenoxy) is 1. The molecule has 2 rings (SSSR count). The summed E-state index contributed by atoms with van der Waals surface area (Å²) in [7, 11) is 0. The molecular weight excluding hydrogens is 342 g/mol. The van der Waals surface area contributed by atoms with Crippen LogP contribution in [0, 0.1) is 0 Å². The van der Waals surface area contributed by atoms with E-state index in [1.807, 2.05) is 0 Å². The molecule has 0 unspecified atom stereocenters. The van der Waals surface area contributed by atoms with Crippen molar-refractivity contribution in [1.29, 1.82) is 0 Å². The number of Topliss-reactive ketones (excluding diaryl/α,β-unsaturated/α-hetero) is 1. The second kappa shape index (κ2) is 6.14. The quantitative estimate of drug-likeness (QED) is 0.472. The normalized spacial score (nSPS) is 14.8. The number of allylic oxidation sites excluding steroid dienone is 2. The van der Waals surface area contributed by atoms with Gasteiger partial charge in [0.05, 0.1) is 0 Å². The molecule has 3 nitrogen and oxygen atoms in total. The van der Waals surface area contributed by atoms with E-state index in [9.17, 15) is 35.9 Å². The molecule has 0 saturated carbocycles. The van der Waals surface area contributed by atoms with Gasteiger partial charge in [-0.05, 0) is 6.08 Å². The number of fused-ring (bicyclic) bond motifs is 1. The van der Waals surface area contributed by atoms with Gasteiger partial charge in [-0.25, -0.2) is 0 Å². The predicted octanol–water partition coefficient (Wildman–Crippen LogP) is 3.86. The van der Waals surface area contributed by atoms with Gasteiger partial charge in [0.2, 0.25) is 11.6 Å². The van der Waals surface area contributed by atoms with Gasteiger partial charge in [0.15, 0.2) is 0 Å². The minimum absolute atomic E-state index is 0.0316. The summed E-state index contributed by atoms with van der Waals surface area (Å²) < 4.78 is 79.1. The van der Waals surface area contributed by atoms with Crippen LogP contribution in [-0.4, -0.2) is 30.5 Å². The topological polar surface area (TPSA) is 43.4 Å². The maximum Gasteiger partial charge on any atom is 0.421 e. The fourth-order valence-corrected chi connectivity index (χ4v) is 2.02. The van der Waals surface area contributed by atoms with E-state index in [4.69, 9.17) is 4.74 Å². The van der Waals surface area contributed by atoms with E-state index in [-0.39, 0.29) is 23.0 Å². The molecule has 0 aromatic heterocycles. The van der Waals surface area contributed by atoms with Crippen LogP contribution in [0.15, 0.2) is 42.0 Å². The van der Waals surface area contributed by atoms with Crippen LogP contribution >= 0.6 is 0 Å². The van der Waals surface area contributed by atoms with E-state index in [0.29, 0.717) is 0 Å². The Kier molecular flexibility index (Phi) is 4.54. The number of rotatable bonds is 3. The molecule has 1 aromatic rings. The number of hydrogen-bond acceptors (Lipinski definition) is 3. The fourth-order valence-electron chi connectivity index (χ4n) is 2.02. The smallest absolute Gasteiger partial charge is 0.421 e. The van der Waals surface area contributed by atoms with Crippen LogP contribution in [-0.2, 0) is 9.53 Å². The average molecular weight is 350 g/mol. The number of alkyl halides is 6. The summed E-state index contributed by atoms with van der Waals surface area (Å²) in [6, 6.07) is 5.60. The van der Waals surface area contributed by atoms with Crippen molar-refractivity contribution in [3.8, 4) is 0 Å². The highest BCUT2D eigenvalue weighted by Gasteiger charge is 2.50. The van der Waals surface area contributed by atoms with Gasteiger partial charge in [0.25, 0.3) is 0 Å². The van der Waals surface area contributed by atoms with Crippen LogP contribution in [0.3, 0.4) is 0 Å². The Morgan fingerprint density at radius 3 is 2.04 bits per heavy atom. The highest BCUT2D eigenvalue weighted by Crippen LogP contribution is 2.38. The number of carbonyl (C=O) groups is 2.